The number of fused-ring (bicyclic) bond motifs is 3. The van der Waals surface area contributed by atoms with Gasteiger partial charge in [0.15, 0.2) is 11.3 Å². The summed E-state index contributed by atoms with van der Waals surface area (Å²) in [5.41, 5.74) is 0.904. The lowest BCUT2D eigenvalue weighted by molar-refractivity contribution is 0.412. The first-order chi connectivity index (χ1) is 12.1. The molecule has 0 aliphatic rings. The molecule has 126 valence electrons. The number of ether oxygens (including phenoxy) is 1. The molecular weight excluding hydrogens is 344 g/mol. The van der Waals surface area contributed by atoms with Crippen LogP contribution >= 0.6 is 11.6 Å². The van der Waals surface area contributed by atoms with Crippen molar-refractivity contribution in [3.63, 3.8) is 0 Å². The first-order valence-corrected chi connectivity index (χ1v) is 7.97. The van der Waals surface area contributed by atoms with E-state index in [2.05, 4.69) is 20.3 Å². The fourth-order valence-electron chi connectivity index (χ4n) is 2.64. The Morgan fingerprint density at radius 2 is 2.08 bits per heavy atom. The highest BCUT2D eigenvalue weighted by Gasteiger charge is 2.15. The fraction of sp³-hybridized carbons (Fsp3) is 0.188. The van der Waals surface area contributed by atoms with Gasteiger partial charge in [-0.25, -0.2) is 0 Å². The number of nitrogens with zero attached hydrogens (tertiary/aromatic N) is 6. The van der Waals surface area contributed by atoms with Gasteiger partial charge in [0.05, 0.1) is 12.8 Å². The van der Waals surface area contributed by atoms with Crippen LogP contribution in [-0.4, -0.2) is 36.5 Å². The molecule has 0 radical (unpaired) electrons. The SMILES string of the molecule is CCc1nc2nnc3c(=O)n(-c4cc(Cl)ccc4OC)ccc3n2n1. The van der Waals surface area contributed by atoms with Gasteiger partial charge < -0.3 is 4.74 Å². The van der Waals surface area contributed by atoms with E-state index in [1.807, 2.05) is 6.92 Å². The molecule has 3 aromatic heterocycles. The van der Waals surface area contributed by atoms with Gasteiger partial charge in [-0.05, 0) is 24.3 Å². The Morgan fingerprint density at radius 3 is 2.84 bits per heavy atom. The van der Waals surface area contributed by atoms with Gasteiger partial charge in [-0.3, -0.25) is 9.36 Å². The van der Waals surface area contributed by atoms with Gasteiger partial charge in [-0.15, -0.1) is 15.3 Å². The summed E-state index contributed by atoms with van der Waals surface area (Å²) in [4.78, 5) is 17.2. The van der Waals surface area contributed by atoms with Crippen molar-refractivity contribution in [3.05, 3.63) is 51.7 Å². The Labute approximate surface area is 146 Å². The van der Waals surface area contributed by atoms with Gasteiger partial charge in [0.25, 0.3) is 11.3 Å². The molecule has 0 aliphatic carbocycles. The van der Waals surface area contributed by atoms with E-state index in [9.17, 15) is 4.79 Å². The molecule has 8 nitrogen and oxygen atoms in total. The maximum Gasteiger partial charge on any atom is 0.285 e. The Kier molecular flexibility index (Phi) is 3.61. The quantitative estimate of drug-likeness (QED) is 0.558. The van der Waals surface area contributed by atoms with Crippen LogP contribution in [0.5, 0.6) is 5.75 Å². The Morgan fingerprint density at radius 1 is 1.24 bits per heavy atom. The van der Waals surface area contributed by atoms with E-state index in [4.69, 9.17) is 16.3 Å². The van der Waals surface area contributed by atoms with Crippen LogP contribution in [0.1, 0.15) is 12.7 Å². The van der Waals surface area contributed by atoms with Crippen LogP contribution in [-0.2, 0) is 6.42 Å². The van der Waals surface area contributed by atoms with Crippen molar-refractivity contribution < 1.29 is 4.74 Å². The largest absolute Gasteiger partial charge is 0.495 e. The molecule has 0 amide bonds. The molecule has 0 fully saturated rings. The van der Waals surface area contributed by atoms with Crippen LogP contribution in [0, 0.1) is 0 Å². The van der Waals surface area contributed by atoms with E-state index in [0.717, 1.165) is 0 Å². The van der Waals surface area contributed by atoms with E-state index in [0.29, 0.717) is 40.0 Å². The fourth-order valence-corrected chi connectivity index (χ4v) is 2.80. The maximum atomic E-state index is 12.9. The highest BCUT2D eigenvalue weighted by atomic mass is 35.5. The van der Waals surface area contributed by atoms with Crippen LogP contribution < -0.4 is 10.3 Å². The van der Waals surface area contributed by atoms with Crippen LogP contribution in [0.3, 0.4) is 0 Å². The first-order valence-electron chi connectivity index (χ1n) is 7.60. The normalized spacial score (nSPS) is 11.3. The minimum atomic E-state index is -0.346. The molecule has 0 spiro atoms. The van der Waals surface area contributed by atoms with Gasteiger partial charge in [0, 0.05) is 17.6 Å². The van der Waals surface area contributed by atoms with Crippen LogP contribution in [0.2, 0.25) is 5.02 Å². The summed E-state index contributed by atoms with van der Waals surface area (Å²) in [5, 5.41) is 12.9. The molecule has 1 aromatic carbocycles. The summed E-state index contributed by atoms with van der Waals surface area (Å²) < 4.78 is 8.28. The number of halogens is 1. The smallest absolute Gasteiger partial charge is 0.285 e. The molecular formula is C16H13ClN6O2. The Balaban J connectivity index is 2.02. The highest BCUT2D eigenvalue weighted by Crippen LogP contribution is 2.25. The number of hydrogen-bond acceptors (Lipinski definition) is 6. The second-order valence-corrected chi connectivity index (χ2v) is 5.77. The number of rotatable bonds is 3. The monoisotopic (exact) mass is 356 g/mol. The lowest BCUT2D eigenvalue weighted by atomic mass is 10.2. The Bertz CT molecular complexity index is 1170. The molecule has 0 atom stereocenters. The van der Waals surface area contributed by atoms with E-state index in [1.165, 1.54) is 16.2 Å². The van der Waals surface area contributed by atoms with Crippen molar-refractivity contribution in [1.82, 2.24) is 29.4 Å². The zero-order chi connectivity index (χ0) is 17.6. The van der Waals surface area contributed by atoms with Crippen LogP contribution in [0.25, 0.3) is 22.5 Å². The first kappa shape index (κ1) is 15.5. The van der Waals surface area contributed by atoms with Gasteiger partial charge in [-0.1, -0.05) is 18.5 Å². The highest BCUT2D eigenvalue weighted by molar-refractivity contribution is 6.30. The Hall–Kier alpha value is -3.00. The van der Waals surface area contributed by atoms with Crippen molar-refractivity contribution in [2.24, 2.45) is 0 Å². The molecule has 4 aromatic rings. The molecule has 0 saturated carbocycles. The summed E-state index contributed by atoms with van der Waals surface area (Å²) in [7, 11) is 1.53. The van der Waals surface area contributed by atoms with E-state index < -0.39 is 0 Å². The van der Waals surface area contributed by atoms with Crippen molar-refractivity contribution in [2.75, 3.05) is 7.11 Å². The van der Waals surface area contributed by atoms with E-state index >= 15 is 0 Å². The van der Waals surface area contributed by atoms with E-state index in [1.54, 1.807) is 30.5 Å². The molecule has 3 heterocycles. The molecule has 4 rings (SSSR count). The van der Waals surface area contributed by atoms with Gasteiger partial charge in [0.1, 0.15) is 11.3 Å². The van der Waals surface area contributed by atoms with Gasteiger partial charge >= 0.3 is 0 Å². The van der Waals surface area contributed by atoms with Crippen molar-refractivity contribution in [3.8, 4) is 11.4 Å². The van der Waals surface area contributed by atoms with Crippen LogP contribution in [0.15, 0.2) is 35.3 Å². The average molecular weight is 357 g/mol. The molecule has 0 saturated heterocycles. The number of benzene rings is 1. The minimum absolute atomic E-state index is 0.185. The topological polar surface area (TPSA) is 87.2 Å². The lowest BCUT2D eigenvalue weighted by Crippen LogP contribution is -2.20. The van der Waals surface area contributed by atoms with Crippen molar-refractivity contribution in [2.45, 2.75) is 13.3 Å². The predicted octanol–water partition coefficient (Wildman–Crippen LogP) is 2.05. The lowest BCUT2D eigenvalue weighted by Gasteiger charge is -2.11. The van der Waals surface area contributed by atoms with Gasteiger partial charge in [-0.2, -0.15) is 9.50 Å². The summed E-state index contributed by atoms with van der Waals surface area (Å²) >= 11 is 6.07. The van der Waals surface area contributed by atoms with Crippen molar-refractivity contribution >= 4 is 28.4 Å². The number of aromatic nitrogens is 6. The molecule has 9 heteroatoms. The average Bonchev–Trinajstić information content (AvgIpc) is 3.06. The third kappa shape index (κ3) is 2.42. The molecule has 25 heavy (non-hydrogen) atoms. The molecule has 0 N–H and O–H groups in total. The third-order valence-corrected chi connectivity index (χ3v) is 4.10. The summed E-state index contributed by atoms with van der Waals surface area (Å²) in [6.07, 6.45) is 2.30. The molecule has 0 unspecified atom stereocenters. The zero-order valence-electron chi connectivity index (χ0n) is 13.5. The maximum absolute atomic E-state index is 12.9. The number of hydrogen-bond donors (Lipinski definition) is 0. The summed E-state index contributed by atoms with van der Waals surface area (Å²) in [6, 6.07) is 6.80. The second kappa shape index (κ2) is 5.82. The molecule has 0 aliphatic heterocycles. The second-order valence-electron chi connectivity index (χ2n) is 5.33. The minimum Gasteiger partial charge on any atom is -0.495 e. The van der Waals surface area contributed by atoms with Crippen molar-refractivity contribution in [1.29, 1.82) is 0 Å². The summed E-state index contributed by atoms with van der Waals surface area (Å²) in [6.45, 7) is 1.95. The number of methoxy groups -OCH3 is 1. The standard InChI is InChI=1S/C16H13ClN6O2/c1-3-13-18-16-20-19-14-10(23(16)21-13)6-7-22(15(14)24)11-8-9(17)4-5-12(11)25-2/h4-8H,3H2,1-2H3. The number of aryl methyl sites for hydroxylation is 1. The molecule has 0 bridgehead atoms. The van der Waals surface area contributed by atoms with Gasteiger partial charge in [0.2, 0.25) is 0 Å². The third-order valence-electron chi connectivity index (χ3n) is 3.86. The predicted molar refractivity (Wildman–Crippen MR) is 92.6 cm³/mol. The zero-order valence-corrected chi connectivity index (χ0v) is 14.2. The summed E-state index contributed by atoms with van der Waals surface area (Å²) in [5.74, 6) is 1.53. The number of pyridine rings is 1. The van der Waals surface area contributed by atoms with E-state index in [-0.39, 0.29) is 11.1 Å². The van der Waals surface area contributed by atoms with Crippen LogP contribution in [0.4, 0.5) is 0 Å².